The Kier molecular flexibility index (Phi) is 3.89. The normalized spacial score (nSPS) is 14.0. The molecule has 1 unspecified atom stereocenters. The lowest BCUT2D eigenvalue weighted by Gasteiger charge is -2.24. The molecule has 106 valence electrons. The predicted molar refractivity (Wildman–Crippen MR) is 77.3 cm³/mol. The van der Waals surface area contributed by atoms with E-state index in [2.05, 4.69) is 31.5 Å². The van der Waals surface area contributed by atoms with Gasteiger partial charge in [0.15, 0.2) is 11.4 Å². The summed E-state index contributed by atoms with van der Waals surface area (Å²) >= 11 is 3.51. The number of aromatic nitrogens is 4. The number of rotatable bonds is 4. The zero-order valence-electron chi connectivity index (χ0n) is 11.5. The van der Waals surface area contributed by atoms with Gasteiger partial charge in [0.25, 0.3) is 0 Å². The monoisotopic (exact) mass is 338 g/mol. The highest BCUT2D eigenvalue weighted by molar-refractivity contribution is 9.10. The second-order valence-electron chi connectivity index (χ2n) is 4.78. The van der Waals surface area contributed by atoms with E-state index in [1.54, 1.807) is 13.8 Å². The lowest BCUT2D eigenvalue weighted by atomic mass is 9.99. The molecule has 0 radical (unpaired) electrons. The predicted octanol–water partition coefficient (Wildman–Crippen LogP) is 2.62. The van der Waals surface area contributed by atoms with Crippen molar-refractivity contribution in [1.29, 1.82) is 0 Å². The van der Waals surface area contributed by atoms with Crippen LogP contribution in [0.4, 0.5) is 0 Å². The first-order chi connectivity index (χ1) is 9.41. The van der Waals surface area contributed by atoms with Crippen LogP contribution < -0.4 is 0 Å². The van der Waals surface area contributed by atoms with Crippen LogP contribution in [-0.4, -0.2) is 31.3 Å². The Morgan fingerprint density at radius 3 is 2.80 bits per heavy atom. The second-order valence-corrected chi connectivity index (χ2v) is 5.58. The molecule has 1 atom stereocenters. The van der Waals surface area contributed by atoms with Crippen LogP contribution in [0.1, 0.15) is 25.8 Å². The van der Waals surface area contributed by atoms with Gasteiger partial charge in [-0.25, -0.2) is 9.48 Å². The van der Waals surface area contributed by atoms with Crippen LogP contribution >= 0.6 is 15.9 Å². The number of hydrogen-bond donors (Lipinski definition) is 1. The Morgan fingerprint density at radius 2 is 2.20 bits per heavy atom. The van der Waals surface area contributed by atoms with Crippen molar-refractivity contribution in [3.8, 4) is 11.4 Å². The van der Waals surface area contributed by atoms with Crippen molar-refractivity contribution in [3.63, 3.8) is 0 Å². The number of halogens is 1. The summed E-state index contributed by atoms with van der Waals surface area (Å²) in [6, 6.07) is 5.70. The summed E-state index contributed by atoms with van der Waals surface area (Å²) in [5.41, 5.74) is 0.628. The van der Waals surface area contributed by atoms with Crippen LogP contribution in [0, 0.1) is 6.92 Å². The Balaban J connectivity index is 2.65. The van der Waals surface area contributed by atoms with Crippen LogP contribution in [0.2, 0.25) is 0 Å². The van der Waals surface area contributed by atoms with E-state index in [4.69, 9.17) is 0 Å². The highest BCUT2D eigenvalue weighted by Gasteiger charge is 2.37. The van der Waals surface area contributed by atoms with Gasteiger partial charge in [-0.3, -0.25) is 0 Å². The number of benzene rings is 1. The molecule has 6 nitrogen and oxygen atoms in total. The maximum absolute atomic E-state index is 11.6. The fourth-order valence-electron chi connectivity index (χ4n) is 1.90. The number of tetrazole rings is 1. The first-order valence-corrected chi connectivity index (χ1v) is 6.99. The molecule has 0 saturated carbocycles. The maximum atomic E-state index is 11.6. The number of carboxylic acids is 1. The summed E-state index contributed by atoms with van der Waals surface area (Å²) in [7, 11) is 0. The topological polar surface area (TPSA) is 80.9 Å². The van der Waals surface area contributed by atoms with Gasteiger partial charge in [0.2, 0.25) is 0 Å². The van der Waals surface area contributed by atoms with Crippen LogP contribution in [0.5, 0.6) is 0 Å². The molecule has 1 aromatic carbocycles. The van der Waals surface area contributed by atoms with E-state index >= 15 is 0 Å². The molecule has 1 heterocycles. The van der Waals surface area contributed by atoms with Crippen molar-refractivity contribution in [2.45, 2.75) is 32.7 Å². The van der Waals surface area contributed by atoms with Gasteiger partial charge in [-0.1, -0.05) is 19.1 Å². The third-order valence-electron chi connectivity index (χ3n) is 3.52. The van der Waals surface area contributed by atoms with E-state index in [9.17, 15) is 9.90 Å². The molecular formula is C13H15BrN4O2. The van der Waals surface area contributed by atoms with Crippen molar-refractivity contribution in [1.82, 2.24) is 20.2 Å². The Labute approximate surface area is 124 Å². The third kappa shape index (κ3) is 2.22. The molecule has 7 heteroatoms. The maximum Gasteiger partial charge on any atom is 0.331 e. The molecule has 0 amide bonds. The summed E-state index contributed by atoms with van der Waals surface area (Å²) in [4.78, 5) is 11.6. The van der Waals surface area contributed by atoms with Crippen molar-refractivity contribution in [3.05, 3.63) is 28.2 Å². The SMILES string of the molecule is CCC(C)(C(=O)O)n1nnnc1-c1cccc(C)c1Br. The lowest BCUT2D eigenvalue weighted by molar-refractivity contribution is -0.147. The van der Waals surface area contributed by atoms with Crippen LogP contribution in [0.3, 0.4) is 0 Å². The minimum Gasteiger partial charge on any atom is -0.479 e. The Bertz CT molecular complexity index is 656. The van der Waals surface area contributed by atoms with Crippen LogP contribution in [-0.2, 0) is 10.3 Å². The molecule has 0 saturated heterocycles. The zero-order chi connectivity index (χ0) is 14.9. The molecule has 2 aromatic rings. The summed E-state index contributed by atoms with van der Waals surface area (Å²) in [5, 5.41) is 21.0. The van der Waals surface area contributed by atoms with Gasteiger partial charge in [-0.15, -0.1) is 5.10 Å². The summed E-state index contributed by atoms with van der Waals surface area (Å²) in [6.07, 6.45) is 0.379. The number of carbonyl (C=O) groups is 1. The lowest BCUT2D eigenvalue weighted by Crippen LogP contribution is -2.39. The van der Waals surface area contributed by atoms with Crippen molar-refractivity contribution in [2.75, 3.05) is 0 Å². The van der Waals surface area contributed by atoms with Crippen LogP contribution in [0.25, 0.3) is 11.4 Å². The highest BCUT2D eigenvalue weighted by atomic mass is 79.9. The standard InChI is InChI=1S/C13H15BrN4O2/c1-4-13(3,12(19)20)18-11(15-16-17-18)9-7-5-6-8(2)10(9)14/h5-7H,4H2,1-3H3,(H,19,20). The molecule has 0 bridgehead atoms. The van der Waals surface area contributed by atoms with E-state index in [1.807, 2.05) is 25.1 Å². The Hall–Kier alpha value is -1.76. The van der Waals surface area contributed by atoms with Crippen molar-refractivity contribution in [2.24, 2.45) is 0 Å². The van der Waals surface area contributed by atoms with Crippen molar-refractivity contribution < 1.29 is 9.90 Å². The second kappa shape index (κ2) is 5.32. The molecule has 20 heavy (non-hydrogen) atoms. The smallest absolute Gasteiger partial charge is 0.331 e. The molecule has 0 aliphatic carbocycles. The quantitative estimate of drug-likeness (QED) is 0.926. The summed E-state index contributed by atoms with van der Waals surface area (Å²) in [5.74, 6) is -0.523. The highest BCUT2D eigenvalue weighted by Crippen LogP contribution is 2.32. The third-order valence-corrected chi connectivity index (χ3v) is 4.57. The molecular weight excluding hydrogens is 324 g/mol. The number of aryl methyl sites for hydroxylation is 1. The Morgan fingerprint density at radius 1 is 1.50 bits per heavy atom. The minimum atomic E-state index is -1.18. The largest absolute Gasteiger partial charge is 0.479 e. The molecule has 1 N–H and O–H groups in total. The average molecular weight is 339 g/mol. The van der Waals surface area contributed by atoms with E-state index in [1.165, 1.54) is 4.68 Å². The molecule has 0 spiro atoms. The fourth-order valence-corrected chi connectivity index (χ4v) is 2.34. The fraction of sp³-hybridized carbons (Fsp3) is 0.385. The van der Waals surface area contributed by atoms with E-state index in [0.717, 1.165) is 15.6 Å². The minimum absolute atomic E-state index is 0.379. The van der Waals surface area contributed by atoms with E-state index < -0.39 is 11.5 Å². The number of hydrogen-bond acceptors (Lipinski definition) is 4. The van der Waals surface area contributed by atoms with Gasteiger partial charge in [-0.05, 0) is 58.3 Å². The first-order valence-electron chi connectivity index (χ1n) is 6.19. The molecule has 0 fully saturated rings. The van der Waals surface area contributed by atoms with E-state index in [-0.39, 0.29) is 0 Å². The summed E-state index contributed by atoms with van der Waals surface area (Å²) in [6.45, 7) is 5.36. The van der Waals surface area contributed by atoms with Gasteiger partial charge in [0.1, 0.15) is 0 Å². The number of nitrogens with zero attached hydrogens (tertiary/aromatic N) is 4. The van der Waals surface area contributed by atoms with Crippen molar-refractivity contribution >= 4 is 21.9 Å². The molecule has 1 aromatic heterocycles. The first kappa shape index (κ1) is 14.6. The van der Waals surface area contributed by atoms with Gasteiger partial charge in [0, 0.05) is 10.0 Å². The van der Waals surface area contributed by atoms with Gasteiger partial charge in [0.05, 0.1) is 0 Å². The van der Waals surface area contributed by atoms with Gasteiger partial charge >= 0.3 is 5.97 Å². The van der Waals surface area contributed by atoms with E-state index in [0.29, 0.717) is 12.2 Å². The van der Waals surface area contributed by atoms with Crippen LogP contribution in [0.15, 0.2) is 22.7 Å². The van der Waals surface area contributed by atoms with Gasteiger partial charge < -0.3 is 5.11 Å². The average Bonchev–Trinajstić information content (AvgIpc) is 2.90. The number of aliphatic carboxylic acids is 1. The summed E-state index contributed by atoms with van der Waals surface area (Å²) < 4.78 is 2.23. The van der Waals surface area contributed by atoms with Gasteiger partial charge in [-0.2, -0.15) is 0 Å². The molecule has 2 rings (SSSR count). The number of carboxylic acid groups (broad SMARTS) is 1. The molecule has 0 aliphatic rings. The molecule has 0 aliphatic heterocycles. The zero-order valence-corrected chi connectivity index (χ0v) is 13.0.